The first-order valence-corrected chi connectivity index (χ1v) is 7.12. The Morgan fingerprint density at radius 3 is 2.33 bits per heavy atom. The Hall–Kier alpha value is -1.75. The molecule has 0 unspecified atom stereocenters. The van der Waals surface area contributed by atoms with Crippen LogP contribution < -0.4 is 0 Å². The van der Waals surface area contributed by atoms with Crippen molar-refractivity contribution in [3.05, 3.63) is 52.6 Å². The number of alkyl halides is 3. The molecule has 0 saturated carbocycles. The predicted octanol–water partition coefficient (Wildman–Crippen LogP) is 5.75. The minimum Gasteiger partial charge on any atom is -0.504 e. The quantitative estimate of drug-likeness (QED) is 0.656. The number of benzene rings is 1. The van der Waals surface area contributed by atoms with Crippen LogP contribution in [0.25, 0.3) is 16.0 Å². The van der Waals surface area contributed by atoms with Gasteiger partial charge >= 0.3 is 6.18 Å². The van der Waals surface area contributed by atoms with E-state index in [0.29, 0.717) is 0 Å². The van der Waals surface area contributed by atoms with Gasteiger partial charge < -0.3 is 4.74 Å². The second-order valence-electron chi connectivity index (χ2n) is 4.73. The molecule has 1 aromatic carbocycles. The molecule has 1 aromatic heterocycles. The van der Waals surface area contributed by atoms with Crippen LogP contribution in [0.5, 0.6) is 0 Å². The van der Waals surface area contributed by atoms with Crippen LogP contribution in [-0.4, -0.2) is 7.11 Å². The van der Waals surface area contributed by atoms with Crippen molar-refractivity contribution in [1.82, 2.24) is 0 Å². The van der Waals surface area contributed by atoms with Gasteiger partial charge in [0.1, 0.15) is 0 Å². The number of thiophene rings is 1. The SMILES string of the molecule is COC=C(C)c1sc(-c2ccc(C(F)(F)F)cc2)cc1C. The summed E-state index contributed by atoms with van der Waals surface area (Å²) < 4.78 is 42.7. The average Bonchev–Trinajstić information content (AvgIpc) is 2.80. The van der Waals surface area contributed by atoms with E-state index in [9.17, 15) is 13.2 Å². The van der Waals surface area contributed by atoms with E-state index < -0.39 is 11.7 Å². The molecule has 2 rings (SSSR count). The number of aryl methyl sites for hydroxylation is 1. The predicted molar refractivity (Wildman–Crippen MR) is 80.2 cm³/mol. The summed E-state index contributed by atoms with van der Waals surface area (Å²) in [5.41, 5.74) is 2.24. The molecule has 0 spiro atoms. The molecule has 0 fully saturated rings. The fraction of sp³-hybridized carbons (Fsp3) is 0.250. The Kier molecular flexibility index (Phi) is 4.42. The maximum atomic E-state index is 12.6. The van der Waals surface area contributed by atoms with Crippen molar-refractivity contribution < 1.29 is 17.9 Å². The highest BCUT2D eigenvalue weighted by molar-refractivity contribution is 7.16. The van der Waals surface area contributed by atoms with Gasteiger partial charge in [0.25, 0.3) is 0 Å². The Labute approximate surface area is 125 Å². The lowest BCUT2D eigenvalue weighted by molar-refractivity contribution is -0.137. The van der Waals surface area contributed by atoms with E-state index in [-0.39, 0.29) is 0 Å². The van der Waals surface area contributed by atoms with Crippen molar-refractivity contribution in [3.63, 3.8) is 0 Å². The van der Waals surface area contributed by atoms with E-state index in [0.717, 1.165) is 38.6 Å². The topological polar surface area (TPSA) is 9.23 Å². The fourth-order valence-electron chi connectivity index (χ4n) is 2.07. The molecule has 0 N–H and O–H groups in total. The molecule has 112 valence electrons. The molecule has 21 heavy (non-hydrogen) atoms. The van der Waals surface area contributed by atoms with Crippen LogP contribution >= 0.6 is 11.3 Å². The second kappa shape index (κ2) is 5.93. The normalized spacial score (nSPS) is 12.6. The number of rotatable bonds is 3. The third-order valence-corrected chi connectivity index (χ3v) is 4.49. The zero-order chi connectivity index (χ0) is 15.6. The summed E-state index contributed by atoms with van der Waals surface area (Å²) in [5, 5.41) is 0. The van der Waals surface area contributed by atoms with Gasteiger partial charge in [-0.25, -0.2) is 0 Å². The minimum atomic E-state index is -4.30. The Balaban J connectivity index is 2.35. The number of hydrogen-bond acceptors (Lipinski definition) is 2. The van der Waals surface area contributed by atoms with Crippen molar-refractivity contribution in [2.24, 2.45) is 0 Å². The van der Waals surface area contributed by atoms with Crippen LogP contribution in [0.15, 0.2) is 36.6 Å². The summed E-state index contributed by atoms with van der Waals surface area (Å²) >= 11 is 1.54. The summed E-state index contributed by atoms with van der Waals surface area (Å²) in [4.78, 5) is 2.02. The molecule has 0 aliphatic carbocycles. The van der Waals surface area contributed by atoms with Crippen molar-refractivity contribution in [1.29, 1.82) is 0 Å². The Morgan fingerprint density at radius 2 is 1.81 bits per heavy atom. The average molecular weight is 312 g/mol. The molecule has 0 aliphatic heterocycles. The van der Waals surface area contributed by atoms with Gasteiger partial charge in [0.05, 0.1) is 18.9 Å². The van der Waals surface area contributed by atoms with Gasteiger partial charge in [-0.2, -0.15) is 13.2 Å². The maximum absolute atomic E-state index is 12.6. The zero-order valence-electron chi connectivity index (χ0n) is 11.9. The Bertz CT molecular complexity index is 651. The summed E-state index contributed by atoms with van der Waals surface area (Å²) in [6.07, 6.45) is -2.64. The van der Waals surface area contributed by atoms with Gasteiger partial charge in [-0.3, -0.25) is 0 Å². The molecule has 0 aliphatic rings. The Morgan fingerprint density at radius 1 is 1.19 bits per heavy atom. The van der Waals surface area contributed by atoms with Gasteiger partial charge in [0.15, 0.2) is 0 Å². The molecular formula is C16H15F3OS. The second-order valence-corrected chi connectivity index (χ2v) is 5.79. The molecule has 0 saturated heterocycles. The van der Waals surface area contributed by atoms with Crippen LogP contribution in [0.2, 0.25) is 0 Å². The molecule has 0 radical (unpaired) electrons. The molecule has 1 nitrogen and oxygen atoms in total. The maximum Gasteiger partial charge on any atom is 0.416 e. The molecule has 2 aromatic rings. The zero-order valence-corrected chi connectivity index (χ0v) is 12.7. The summed E-state index contributed by atoms with van der Waals surface area (Å²) in [7, 11) is 1.59. The van der Waals surface area contributed by atoms with E-state index in [1.807, 2.05) is 19.9 Å². The molecular weight excluding hydrogens is 297 g/mol. The van der Waals surface area contributed by atoms with Crippen LogP contribution in [0.4, 0.5) is 13.2 Å². The molecule has 0 amide bonds. The van der Waals surface area contributed by atoms with Crippen molar-refractivity contribution in [2.75, 3.05) is 7.11 Å². The molecule has 0 atom stereocenters. The molecule has 0 bridgehead atoms. The smallest absolute Gasteiger partial charge is 0.416 e. The van der Waals surface area contributed by atoms with E-state index in [1.54, 1.807) is 24.7 Å². The van der Waals surface area contributed by atoms with Crippen LogP contribution in [0.3, 0.4) is 0 Å². The number of allylic oxidation sites excluding steroid dienone is 1. The van der Waals surface area contributed by atoms with Crippen molar-refractivity contribution in [2.45, 2.75) is 20.0 Å². The monoisotopic (exact) mass is 312 g/mol. The molecule has 1 heterocycles. The van der Waals surface area contributed by atoms with Crippen LogP contribution in [-0.2, 0) is 10.9 Å². The fourth-order valence-corrected chi connectivity index (χ4v) is 3.21. The largest absolute Gasteiger partial charge is 0.504 e. The highest BCUT2D eigenvalue weighted by atomic mass is 32.1. The minimum absolute atomic E-state index is 0.629. The number of methoxy groups -OCH3 is 1. The number of ether oxygens (including phenoxy) is 1. The van der Waals surface area contributed by atoms with E-state index >= 15 is 0 Å². The van der Waals surface area contributed by atoms with E-state index in [4.69, 9.17) is 4.74 Å². The van der Waals surface area contributed by atoms with Gasteiger partial charge in [0, 0.05) is 15.3 Å². The van der Waals surface area contributed by atoms with Crippen molar-refractivity contribution >= 4 is 16.9 Å². The third-order valence-electron chi connectivity index (χ3n) is 3.07. The van der Waals surface area contributed by atoms with Gasteiger partial charge in [-0.1, -0.05) is 12.1 Å². The lowest BCUT2D eigenvalue weighted by Gasteiger charge is -2.06. The van der Waals surface area contributed by atoms with E-state index in [2.05, 4.69) is 0 Å². The van der Waals surface area contributed by atoms with Gasteiger partial charge in [-0.15, -0.1) is 11.3 Å². The summed E-state index contributed by atoms with van der Waals surface area (Å²) in [6, 6.07) is 7.22. The summed E-state index contributed by atoms with van der Waals surface area (Å²) in [6.45, 7) is 3.92. The lowest BCUT2D eigenvalue weighted by Crippen LogP contribution is -2.03. The van der Waals surface area contributed by atoms with Crippen LogP contribution in [0, 0.1) is 6.92 Å². The van der Waals surface area contributed by atoms with Crippen LogP contribution in [0.1, 0.15) is 22.9 Å². The highest BCUT2D eigenvalue weighted by Crippen LogP contribution is 2.36. The standard InChI is InChI=1S/C16H15F3OS/c1-10-8-14(21-15(10)11(2)9-20-3)12-4-6-13(7-5-12)16(17,18)19/h4-9H,1-3H3. The first-order valence-electron chi connectivity index (χ1n) is 6.31. The van der Waals surface area contributed by atoms with Crippen molar-refractivity contribution in [3.8, 4) is 10.4 Å². The highest BCUT2D eigenvalue weighted by Gasteiger charge is 2.30. The first-order chi connectivity index (χ1) is 9.82. The third kappa shape index (κ3) is 3.47. The molecule has 5 heteroatoms. The van der Waals surface area contributed by atoms with E-state index in [1.165, 1.54) is 12.1 Å². The van der Waals surface area contributed by atoms with Gasteiger partial charge in [0.2, 0.25) is 0 Å². The first kappa shape index (κ1) is 15.6. The summed E-state index contributed by atoms with van der Waals surface area (Å²) in [5.74, 6) is 0. The number of hydrogen-bond donors (Lipinski definition) is 0. The van der Waals surface area contributed by atoms with Gasteiger partial charge in [-0.05, 0) is 43.2 Å². The number of halogens is 3. The lowest BCUT2D eigenvalue weighted by atomic mass is 10.1.